The fraction of sp³-hybridized carbons (Fsp3) is 0.400. The van der Waals surface area contributed by atoms with Crippen LogP contribution in [0.5, 0.6) is 5.75 Å². The molecule has 1 atom stereocenters. The van der Waals surface area contributed by atoms with Gasteiger partial charge in [-0.2, -0.15) is 0 Å². The molecular weight excluding hydrogens is 256 g/mol. The zero-order valence-corrected chi connectivity index (χ0v) is 12.7. The van der Waals surface area contributed by atoms with E-state index in [1.165, 1.54) is 10.4 Å². The van der Waals surface area contributed by atoms with Crippen LogP contribution in [0.3, 0.4) is 0 Å². The summed E-state index contributed by atoms with van der Waals surface area (Å²) < 4.78 is 5.45. The monoisotopic (exact) mass is 276 g/mol. The molecule has 1 aromatic carbocycles. The average Bonchev–Trinajstić information content (AvgIpc) is 2.79. The van der Waals surface area contributed by atoms with Crippen LogP contribution in [0, 0.1) is 13.8 Å². The molecule has 0 fully saturated rings. The van der Waals surface area contributed by atoms with Crippen molar-refractivity contribution < 1.29 is 4.74 Å². The molecule has 2 rings (SSSR count). The van der Waals surface area contributed by atoms with E-state index in [0.717, 1.165) is 22.0 Å². The number of aryl methyl sites for hydroxylation is 2. The van der Waals surface area contributed by atoms with Crippen LogP contribution in [0.4, 0.5) is 0 Å². The van der Waals surface area contributed by atoms with Crippen molar-refractivity contribution in [2.45, 2.75) is 26.7 Å². The molecule has 2 aromatic rings. The predicted molar refractivity (Wildman–Crippen MR) is 81.0 cm³/mol. The lowest BCUT2D eigenvalue weighted by molar-refractivity contribution is 0.416. The fourth-order valence-electron chi connectivity index (χ4n) is 1.99. The minimum Gasteiger partial charge on any atom is -0.496 e. The van der Waals surface area contributed by atoms with Gasteiger partial charge in [0.2, 0.25) is 0 Å². The maximum atomic E-state index is 5.72. The number of ether oxygens (including phenoxy) is 1. The molecule has 0 aliphatic heterocycles. The lowest BCUT2D eigenvalue weighted by atomic mass is 10.1. The summed E-state index contributed by atoms with van der Waals surface area (Å²) in [6.07, 6.45) is 0. The van der Waals surface area contributed by atoms with Gasteiger partial charge in [0.1, 0.15) is 5.75 Å². The van der Waals surface area contributed by atoms with E-state index in [9.17, 15) is 0 Å². The van der Waals surface area contributed by atoms with Gasteiger partial charge < -0.3 is 10.5 Å². The lowest BCUT2D eigenvalue weighted by Crippen LogP contribution is -2.08. The van der Waals surface area contributed by atoms with Crippen molar-refractivity contribution in [2.75, 3.05) is 13.7 Å². The van der Waals surface area contributed by atoms with Crippen molar-refractivity contribution in [3.63, 3.8) is 0 Å². The molecule has 0 saturated carbocycles. The number of methoxy groups -OCH3 is 1. The maximum Gasteiger partial charge on any atom is 0.128 e. The zero-order valence-electron chi connectivity index (χ0n) is 11.9. The molecule has 1 heterocycles. The Morgan fingerprint density at radius 1 is 1.37 bits per heavy atom. The van der Waals surface area contributed by atoms with Crippen LogP contribution in [-0.4, -0.2) is 18.6 Å². The quantitative estimate of drug-likeness (QED) is 0.929. The Balaban J connectivity index is 2.52. The van der Waals surface area contributed by atoms with Crippen molar-refractivity contribution in [1.29, 1.82) is 0 Å². The van der Waals surface area contributed by atoms with Gasteiger partial charge >= 0.3 is 0 Å². The third kappa shape index (κ3) is 2.80. The van der Waals surface area contributed by atoms with Gasteiger partial charge in [0, 0.05) is 22.9 Å². The molecule has 0 bridgehead atoms. The minimum atomic E-state index is 0.299. The highest BCUT2D eigenvalue weighted by atomic mass is 32.1. The minimum absolute atomic E-state index is 0.299. The van der Waals surface area contributed by atoms with Crippen LogP contribution in [0.25, 0.3) is 11.3 Å². The summed E-state index contributed by atoms with van der Waals surface area (Å²) in [5.41, 5.74) is 9.01. The largest absolute Gasteiger partial charge is 0.496 e. The van der Waals surface area contributed by atoms with Crippen LogP contribution in [0.15, 0.2) is 18.2 Å². The lowest BCUT2D eigenvalue weighted by Gasteiger charge is -2.08. The second-order valence-corrected chi connectivity index (χ2v) is 6.03. The Bertz CT molecular complexity index is 578. The van der Waals surface area contributed by atoms with Crippen molar-refractivity contribution in [1.82, 2.24) is 4.98 Å². The molecule has 0 amide bonds. The molecule has 0 saturated heterocycles. The summed E-state index contributed by atoms with van der Waals surface area (Å²) in [5, 5.41) is 1.10. The molecule has 19 heavy (non-hydrogen) atoms. The number of nitrogens with two attached hydrogens (primary N) is 1. The first kappa shape index (κ1) is 14.0. The predicted octanol–water partition coefficient (Wildman–Crippen LogP) is 3.50. The summed E-state index contributed by atoms with van der Waals surface area (Å²) >= 11 is 1.72. The van der Waals surface area contributed by atoms with Crippen LogP contribution >= 0.6 is 11.3 Å². The summed E-state index contributed by atoms with van der Waals surface area (Å²) in [7, 11) is 1.69. The molecule has 2 N–H and O–H groups in total. The molecule has 1 aromatic heterocycles. The molecule has 0 aliphatic rings. The Labute approximate surface area is 118 Å². The topological polar surface area (TPSA) is 48.1 Å². The standard InChI is InChI=1S/C15H20N2OS/c1-9-5-6-13(18-4)12(7-9)14-11(3)19-15(17-14)10(2)8-16/h5-7,10H,8,16H2,1-4H3. The summed E-state index contributed by atoms with van der Waals surface area (Å²) in [6.45, 7) is 6.91. The Hall–Kier alpha value is -1.39. The highest BCUT2D eigenvalue weighted by Crippen LogP contribution is 2.36. The second-order valence-electron chi connectivity index (χ2n) is 4.80. The van der Waals surface area contributed by atoms with Gasteiger partial charge in [0.15, 0.2) is 0 Å². The van der Waals surface area contributed by atoms with Crippen LogP contribution in [0.1, 0.15) is 28.3 Å². The van der Waals surface area contributed by atoms with Gasteiger partial charge in [-0.05, 0) is 26.0 Å². The third-order valence-corrected chi connectivity index (χ3v) is 4.40. The van der Waals surface area contributed by atoms with Crippen molar-refractivity contribution in [2.24, 2.45) is 5.73 Å². The normalized spacial score (nSPS) is 12.5. The fourth-order valence-corrected chi connectivity index (χ4v) is 2.99. The number of hydrogen-bond acceptors (Lipinski definition) is 4. The van der Waals surface area contributed by atoms with Gasteiger partial charge in [-0.25, -0.2) is 4.98 Å². The van der Waals surface area contributed by atoms with Crippen molar-refractivity contribution >= 4 is 11.3 Å². The third-order valence-electron chi connectivity index (χ3n) is 3.20. The van der Waals surface area contributed by atoms with Crippen LogP contribution in [-0.2, 0) is 0 Å². The number of aromatic nitrogens is 1. The van der Waals surface area contributed by atoms with E-state index in [4.69, 9.17) is 15.5 Å². The highest BCUT2D eigenvalue weighted by Gasteiger charge is 2.16. The highest BCUT2D eigenvalue weighted by molar-refractivity contribution is 7.12. The zero-order chi connectivity index (χ0) is 14.0. The Morgan fingerprint density at radius 3 is 2.74 bits per heavy atom. The second kappa shape index (κ2) is 5.72. The summed E-state index contributed by atoms with van der Waals surface area (Å²) in [5.74, 6) is 1.17. The molecule has 102 valence electrons. The van der Waals surface area contributed by atoms with E-state index in [0.29, 0.717) is 12.5 Å². The first-order chi connectivity index (χ1) is 9.06. The maximum absolute atomic E-state index is 5.72. The molecule has 1 unspecified atom stereocenters. The van der Waals surface area contributed by atoms with E-state index in [2.05, 4.69) is 26.8 Å². The van der Waals surface area contributed by atoms with Gasteiger partial charge in [0.05, 0.1) is 17.8 Å². The molecule has 3 nitrogen and oxygen atoms in total. The number of hydrogen-bond donors (Lipinski definition) is 1. The average molecular weight is 276 g/mol. The van der Waals surface area contributed by atoms with Gasteiger partial charge in [-0.15, -0.1) is 11.3 Å². The summed E-state index contributed by atoms with van der Waals surface area (Å²) in [4.78, 5) is 5.97. The van der Waals surface area contributed by atoms with Crippen LogP contribution in [0.2, 0.25) is 0 Å². The van der Waals surface area contributed by atoms with Gasteiger partial charge in [-0.1, -0.05) is 18.6 Å². The number of nitrogens with zero attached hydrogens (tertiary/aromatic N) is 1. The first-order valence-electron chi connectivity index (χ1n) is 6.39. The van der Waals surface area contributed by atoms with Crippen LogP contribution < -0.4 is 10.5 Å². The van der Waals surface area contributed by atoms with Crippen molar-refractivity contribution in [3.05, 3.63) is 33.6 Å². The number of benzene rings is 1. The van der Waals surface area contributed by atoms with E-state index in [1.54, 1.807) is 18.4 Å². The van der Waals surface area contributed by atoms with E-state index < -0.39 is 0 Å². The number of thiazole rings is 1. The Kier molecular flexibility index (Phi) is 4.22. The first-order valence-corrected chi connectivity index (χ1v) is 7.20. The van der Waals surface area contributed by atoms with E-state index in [1.807, 2.05) is 12.1 Å². The molecule has 0 aliphatic carbocycles. The molecular formula is C15H20N2OS. The van der Waals surface area contributed by atoms with Gasteiger partial charge in [-0.3, -0.25) is 0 Å². The van der Waals surface area contributed by atoms with E-state index >= 15 is 0 Å². The smallest absolute Gasteiger partial charge is 0.128 e. The Morgan fingerprint density at radius 2 is 2.11 bits per heavy atom. The molecule has 0 radical (unpaired) electrons. The molecule has 0 spiro atoms. The SMILES string of the molecule is COc1ccc(C)cc1-c1nc(C(C)CN)sc1C. The molecule has 4 heteroatoms. The van der Waals surface area contributed by atoms with Crippen molar-refractivity contribution in [3.8, 4) is 17.0 Å². The number of rotatable bonds is 4. The van der Waals surface area contributed by atoms with E-state index in [-0.39, 0.29) is 0 Å². The van der Waals surface area contributed by atoms with Gasteiger partial charge in [0.25, 0.3) is 0 Å². The summed E-state index contributed by atoms with van der Waals surface area (Å²) in [6, 6.07) is 6.17.